The number of nitrogens with zero attached hydrogens (tertiary/aromatic N) is 1. The lowest BCUT2D eigenvalue weighted by Crippen LogP contribution is -2.22. The number of hydrogen-bond acceptors (Lipinski definition) is 4. The van der Waals surface area contributed by atoms with Crippen LogP contribution in [0.2, 0.25) is 0 Å². The van der Waals surface area contributed by atoms with Crippen LogP contribution in [0.5, 0.6) is 0 Å². The third-order valence-electron chi connectivity index (χ3n) is 3.68. The Kier molecular flexibility index (Phi) is 6.55. The molecule has 0 radical (unpaired) electrons. The van der Waals surface area contributed by atoms with Crippen molar-refractivity contribution in [2.45, 2.75) is 19.3 Å². The molecule has 0 fully saturated rings. The number of thiol groups is 1. The molecule has 0 aliphatic heterocycles. The van der Waals surface area contributed by atoms with Gasteiger partial charge in [-0.1, -0.05) is 24.3 Å². The van der Waals surface area contributed by atoms with Gasteiger partial charge in [0.1, 0.15) is 5.82 Å². The fourth-order valence-electron chi connectivity index (χ4n) is 2.35. The van der Waals surface area contributed by atoms with Crippen molar-refractivity contribution in [2.24, 2.45) is 0 Å². The van der Waals surface area contributed by atoms with E-state index in [1.54, 1.807) is 0 Å². The van der Waals surface area contributed by atoms with Crippen molar-refractivity contribution >= 4 is 16.9 Å². The van der Waals surface area contributed by atoms with Gasteiger partial charge in [-0.15, -0.1) is 0 Å². The second-order valence-corrected chi connectivity index (χ2v) is 6.60. The van der Waals surface area contributed by atoms with Crippen LogP contribution in [0.4, 0.5) is 17.6 Å². The van der Waals surface area contributed by atoms with Gasteiger partial charge in [-0.2, -0.15) is 17.5 Å². The monoisotopic (exact) mass is 405 g/mol. The molecule has 0 atom stereocenters. The summed E-state index contributed by atoms with van der Waals surface area (Å²) < 4.78 is 80.7. The van der Waals surface area contributed by atoms with E-state index in [1.165, 1.54) is 24.3 Å². The Morgan fingerprint density at radius 2 is 1.81 bits per heavy atom. The van der Waals surface area contributed by atoms with Crippen LogP contribution in [0.15, 0.2) is 42.5 Å². The van der Waals surface area contributed by atoms with Crippen molar-refractivity contribution in [1.82, 2.24) is 4.31 Å². The Balaban J connectivity index is 2.23. The highest BCUT2D eigenvalue weighted by atomic mass is 32.2. The van der Waals surface area contributed by atoms with E-state index < -0.39 is 41.0 Å². The summed E-state index contributed by atoms with van der Waals surface area (Å²) in [5.41, 5.74) is -0.881. The molecule has 0 amide bonds. The number of rotatable bonds is 6. The first-order valence-corrected chi connectivity index (χ1v) is 8.67. The van der Waals surface area contributed by atoms with Crippen LogP contribution in [0, 0.1) is 5.82 Å². The molecule has 0 spiro atoms. The highest BCUT2D eigenvalue weighted by Gasteiger charge is 2.30. The van der Waals surface area contributed by atoms with E-state index in [0.29, 0.717) is 0 Å². The zero-order valence-corrected chi connectivity index (χ0v) is 14.9. The summed E-state index contributed by atoms with van der Waals surface area (Å²) in [6, 6.07) is 7.61. The summed E-state index contributed by atoms with van der Waals surface area (Å²) in [6.07, 6.45) is -4.56. The van der Waals surface area contributed by atoms with Gasteiger partial charge < -0.3 is 4.74 Å². The predicted molar refractivity (Wildman–Crippen MR) is 88.7 cm³/mol. The first kappa shape index (κ1) is 20.8. The lowest BCUT2D eigenvalue weighted by Gasteiger charge is -2.17. The molecule has 0 unspecified atom stereocenters. The van der Waals surface area contributed by atoms with Crippen molar-refractivity contribution in [3.05, 3.63) is 70.5 Å². The first-order chi connectivity index (χ1) is 12.6. The zero-order chi connectivity index (χ0) is 20.2. The van der Waals surface area contributed by atoms with Crippen LogP contribution in [0.25, 0.3) is 0 Å². The van der Waals surface area contributed by atoms with E-state index in [0.717, 1.165) is 29.6 Å². The molecule has 0 saturated heterocycles. The molecular weight excluding hydrogens is 390 g/mol. The van der Waals surface area contributed by atoms with Gasteiger partial charge in [0.25, 0.3) is 0 Å². The number of halogens is 4. The molecule has 146 valence electrons. The van der Waals surface area contributed by atoms with E-state index >= 15 is 0 Å². The Morgan fingerprint density at radius 3 is 2.37 bits per heavy atom. The molecule has 10 heteroatoms. The van der Waals surface area contributed by atoms with Gasteiger partial charge in [0.05, 0.1) is 18.2 Å². The minimum absolute atomic E-state index is 0.0335. The minimum atomic E-state index is -4.56. The van der Waals surface area contributed by atoms with Crippen LogP contribution >= 0.6 is 0 Å². The molecule has 5 nitrogen and oxygen atoms in total. The van der Waals surface area contributed by atoms with Gasteiger partial charge >= 0.3 is 12.1 Å². The summed E-state index contributed by atoms with van der Waals surface area (Å²) in [7, 11) is -2.06. The topological polar surface area (TPSA) is 63.7 Å². The summed E-state index contributed by atoms with van der Waals surface area (Å²) in [4.78, 5) is 11.4. The Labute approximate surface area is 154 Å². The smallest absolute Gasteiger partial charge is 0.416 e. The van der Waals surface area contributed by atoms with Gasteiger partial charge in [0.15, 0.2) is 0 Å². The fourth-order valence-corrected chi connectivity index (χ4v) is 2.89. The summed E-state index contributed by atoms with van der Waals surface area (Å²) in [6.45, 7) is -0.761. The van der Waals surface area contributed by atoms with Gasteiger partial charge in [0, 0.05) is 18.7 Å². The molecule has 0 saturated carbocycles. The Bertz CT molecular complexity index is 904. The number of benzene rings is 2. The largest absolute Gasteiger partial charge is 0.465 e. The van der Waals surface area contributed by atoms with E-state index in [9.17, 15) is 30.8 Å². The summed E-state index contributed by atoms with van der Waals surface area (Å²) in [5, 5.41) is 0. The van der Waals surface area contributed by atoms with E-state index in [1.807, 2.05) is 0 Å². The first-order valence-electron chi connectivity index (χ1n) is 7.54. The number of alkyl halides is 3. The predicted octanol–water partition coefficient (Wildman–Crippen LogP) is 3.16. The second kappa shape index (κ2) is 8.49. The molecule has 0 heterocycles. The highest BCUT2D eigenvalue weighted by Crippen LogP contribution is 2.30. The van der Waals surface area contributed by atoms with Crippen molar-refractivity contribution in [1.29, 1.82) is 0 Å². The molecule has 0 aliphatic carbocycles. The van der Waals surface area contributed by atoms with Crippen molar-refractivity contribution in [3.63, 3.8) is 0 Å². The van der Waals surface area contributed by atoms with Crippen molar-refractivity contribution < 1.29 is 35.5 Å². The minimum Gasteiger partial charge on any atom is -0.465 e. The average molecular weight is 405 g/mol. The molecule has 27 heavy (non-hydrogen) atoms. The molecule has 2 aromatic rings. The lowest BCUT2D eigenvalue weighted by atomic mass is 10.1. The normalized spacial score (nSPS) is 11.8. The van der Waals surface area contributed by atoms with Crippen LogP contribution in [-0.4, -0.2) is 25.8 Å². The molecule has 2 rings (SSSR count). The molecule has 2 aromatic carbocycles. The molecule has 0 aromatic heterocycles. The van der Waals surface area contributed by atoms with E-state index in [2.05, 4.69) is 4.74 Å². The summed E-state index contributed by atoms with van der Waals surface area (Å²) in [5.74, 6) is -1.58. The van der Waals surface area contributed by atoms with Gasteiger partial charge in [0.2, 0.25) is 10.9 Å². The number of hydrogen-bond donors (Lipinski definition) is 1. The number of carbonyl (C=O) groups is 1. The maximum atomic E-state index is 14.1. The van der Waals surface area contributed by atoms with Gasteiger partial charge in [-0.05, 0) is 23.8 Å². The molecule has 0 bridgehead atoms. The van der Waals surface area contributed by atoms with Crippen LogP contribution in [0.3, 0.4) is 0 Å². The number of methoxy groups -OCH3 is 1. The number of esters is 1. The lowest BCUT2D eigenvalue weighted by molar-refractivity contribution is -0.137. The number of carbonyl (C=O) groups excluding carboxylic acids is 1. The third-order valence-corrected chi connectivity index (χ3v) is 4.42. The highest BCUT2D eigenvalue weighted by molar-refractivity contribution is 7.69. The fraction of sp³-hybridized carbons (Fsp3) is 0.235. The quantitative estimate of drug-likeness (QED) is 0.456. The Hall–Kier alpha value is -2.46. The van der Waals surface area contributed by atoms with E-state index in [-0.39, 0.29) is 23.2 Å². The average Bonchev–Trinajstić information content (AvgIpc) is 2.61. The van der Waals surface area contributed by atoms with Crippen LogP contribution in [-0.2, 0) is 34.9 Å². The molecular formula is C17H15F4NO4S. The van der Waals surface area contributed by atoms with Gasteiger partial charge in [-0.3, -0.25) is 0 Å². The number of ether oxygens (including phenoxy) is 1. The second-order valence-electron chi connectivity index (χ2n) is 5.56. The van der Waals surface area contributed by atoms with Crippen LogP contribution < -0.4 is 0 Å². The zero-order valence-electron chi connectivity index (χ0n) is 14.0. The van der Waals surface area contributed by atoms with Crippen molar-refractivity contribution in [3.8, 4) is 0 Å². The maximum Gasteiger partial charge on any atom is 0.416 e. The van der Waals surface area contributed by atoms with Crippen molar-refractivity contribution in [2.75, 3.05) is 7.11 Å². The SMILES string of the molecule is COC(=O)c1ccc(CN(Cc2cccc(C(F)(F)F)c2)[SH](=O)=O)c(F)c1. The molecule has 0 aliphatic rings. The Morgan fingerprint density at radius 1 is 1.11 bits per heavy atom. The summed E-state index contributed by atoms with van der Waals surface area (Å²) >= 11 is 0. The molecule has 0 N–H and O–H groups in total. The van der Waals surface area contributed by atoms with Gasteiger partial charge in [-0.25, -0.2) is 17.6 Å². The van der Waals surface area contributed by atoms with Crippen LogP contribution in [0.1, 0.15) is 27.0 Å². The standard InChI is InChI=1S/C17H15F4NO4S/c1-26-16(23)12-5-6-13(15(18)8-12)10-22(27(24)25)9-11-3-2-4-14(7-11)17(19,20)21/h2-8,27H,9-10H2,1H3. The third kappa shape index (κ3) is 5.51. The maximum absolute atomic E-state index is 14.1. The van der Waals surface area contributed by atoms with E-state index in [4.69, 9.17) is 0 Å².